The first-order chi connectivity index (χ1) is 6.00. The molecule has 0 saturated carbocycles. The van der Waals surface area contributed by atoms with Gasteiger partial charge in [0, 0.05) is 6.04 Å². The lowest BCUT2D eigenvalue weighted by Gasteiger charge is -2.15. The van der Waals surface area contributed by atoms with Gasteiger partial charge in [0.1, 0.15) is 11.6 Å². The molecule has 0 bridgehead atoms. The lowest BCUT2D eigenvalue weighted by Crippen LogP contribution is -2.32. The van der Waals surface area contributed by atoms with Crippen molar-refractivity contribution in [2.24, 2.45) is 11.7 Å². The molecule has 1 unspecified atom stereocenters. The van der Waals surface area contributed by atoms with Crippen molar-refractivity contribution in [2.75, 3.05) is 0 Å². The molecule has 1 aromatic heterocycles. The Labute approximate surface area is 79.2 Å². The van der Waals surface area contributed by atoms with Crippen molar-refractivity contribution in [2.45, 2.75) is 40.3 Å². The molecule has 0 aliphatic carbocycles. The molecule has 4 nitrogen and oxygen atoms in total. The molecule has 0 fully saturated rings. The molecular weight excluding hydrogens is 164 g/mol. The molecule has 74 valence electrons. The van der Waals surface area contributed by atoms with Crippen LogP contribution in [0, 0.1) is 19.8 Å². The van der Waals surface area contributed by atoms with Crippen LogP contribution in [-0.4, -0.2) is 20.8 Å². The van der Waals surface area contributed by atoms with Gasteiger partial charge in [0.15, 0.2) is 0 Å². The third kappa shape index (κ3) is 2.52. The average molecular weight is 182 g/mol. The summed E-state index contributed by atoms with van der Waals surface area (Å²) in [5.74, 6) is 2.23. The molecule has 1 rings (SSSR count). The number of hydrogen-bond acceptors (Lipinski definition) is 3. The molecule has 0 radical (unpaired) electrons. The molecule has 0 saturated heterocycles. The van der Waals surface area contributed by atoms with E-state index in [-0.39, 0.29) is 6.04 Å². The summed E-state index contributed by atoms with van der Waals surface area (Å²) in [4.78, 5) is 4.22. The van der Waals surface area contributed by atoms with Crippen molar-refractivity contribution in [1.29, 1.82) is 0 Å². The minimum absolute atomic E-state index is 0.153. The second-order valence-corrected chi connectivity index (χ2v) is 3.80. The number of hydrogen-bond donors (Lipinski definition) is 1. The van der Waals surface area contributed by atoms with E-state index in [4.69, 9.17) is 5.73 Å². The summed E-state index contributed by atoms with van der Waals surface area (Å²) in [6, 6.07) is 0.153. The largest absolute Gasteiger partial charge is 0.326 e. The van der Waals surface area contributed by atoms with E-state index in [0.717, 1.165) is 18.2 Å². The molecule has 0 aromatic carbocycles. The first-order valence-electron chi connectivity index (χ1n) is 4.64. The Balaban J connectivity index is 2.68. The average Bonchev–Trinajstić information content (AvgIpc) is 2.30. The summed E-state index contributed by atoms with van der Waals surface area (Å²) < 4.78 is 1.88. The maximum absolute atomic E-state index is 5.94. The van der Waals surface area contributed by atoms with Crippen LogP contribution in [0.1, 0.15) is 25.5 Å². The number of nitrogens with two attached hydrogens (primary N) is 1. The predicted octanol–water partition coefficient (Wildman–Crippen LogP) is 0.878. The Morgan fingerprint density at radius 3 is 2.38 bits per heavy atom. The van der Waals surface area contributed by atoms with Gasteiger partial charge < -0.3 is 5.73 Å². The van der Waals surface area contributed by atoms with Gasteiger partial charge in [-0.15, -0.1) is 0 Å². The summed E-state index contributed by atoms with van der Waals surface area (Å²) in [5, 5.41) is 4.26. The Morgan fingerprint density at radius 2 is 2.00 bits per heavy atom. The van der Waals surface area contributed by atoms with Gasteiger partial charge in [-0.2, -0.15) is 5.10 Å². The number of aryl methyl sites for hydroxylation is 2. The highest BCUT2D eigenvalue weighted by Crippen LogP contribution is 2.03. The van der Waals surface area contributed by atoms with Crippen molar-refractivity contribution >= 4 is 0 Å². The third-order valence-corrected chi connectivity index (χ3v) is 2.20. The topological polar surface area (TPSA) is 56.7 Å². The van der Waals surface area contributed by atoms with Crippen molar-refractivity contribution in [3.8, 4) is 0 Å². The minimum Gasteiger partial charge on any atom is -0.326 e. The van der Waals surface area contributed by atoms with E-state index in [0.29, 0.717) is 5.92 Å². The molecule has 13 heavy (non-hydrogen) atoms. The Morgan fingerprint density at radius 1 is 1.38 bits per heavy atom. The Hall–Kier alpha value is -0.900. The second kappa shape index (κ2) is 3.87. The standard InChI is InChI=1S/C9H18N4/c1-6(2)9(10)5-13-8(4)11-7(3)12-13/h6,9H,5,10H2,1-4H3. The van der Waals surface area contributed by atoms with E-state index < -0.39 is 0 Å². The van der Waals surface area contributed by atoms with Crippen molar-refractivity contribution in [1.82, 2.24) is 14.8 Å². The minimum atomic E-state index is 0.153. The summed E-state index contributed by atoms with van der Waals surface area (Å²) in [6.07, 6.45) is 0. The van der Waals surface area contributed by atoms with Crippen molar-refractivity contribution in [3.05, 3.63) is 11.6 Å². The van der Waals surface area contributed by atoms with Gasteiger partial charge in [-0.05, 0) is 19.8 Å². The summed E-state index contributed by atoms with van der Waals surface area (Å²) in [6.45, 7) is 8.83. The van der Waals surface area contributed by atoms with Gasteiger partial charge in [-0.3, -0.25) is 0 Å². The van der Waals surface area contributed by atoms with E-state index in [9.17, 15) is 0 Å². The molecule has 1 atom stereocenters. The molecule has 1 aromatic rings. The van der Waals surface area contributed by atoms with Crippen LogP contribution in [0.3, 0.4) is 0 Å². The lowest BCUT2D eigenvalue weighted by atomic mass is 10.1. The second-order valence-electron chi connectivity index (χ2n) is 3.80. The first-order valence-corrected chi connectivity index (χ1v) is 4.64. The fourth-order valence-corrected chi connectivity index (χ4v) is 1.14. The van der Waals surface area contributed by atoms with E-state index in [1.807, 2.05) is 18.5 Å². The zero-order chi connectivity index (χ0) is 10.0. The van der Waals surface area contributed by atoms with E-state index in [2.05, 4.69) is 23.9 Å². The van der Waals surface area contributed by atoms with Gasteiger partial charge in [0.2, 0.25) is 0 Å². The van der Waals surface area contributed by atoms with Crippen LogP contribution in [0.4, 0.5) is 0 Å². The maximum Gasteiger partial charge on any atom is 0.147 e. The molecule has 0 aliphatic heterocycles. The number of rotatable bonds is 3. The van der Waals surface area contributed by atoms with Gasteiger partial charge >= 0.3 is 0 Å². The van der Waals surface area contributed by atoms with Crippen LogP contribution in [0.5, 0.6) is 0 Å². The quantitative estimate of drug-likeness (QED) is 0.755. The fourth-order valence-electron chi connectivity index (χ4n) is 1.14. The zero-order valence-corrected chi connectivity index (χ0v) is 8.78. The highest BCUT2D eigenvalue weighted by Gasteiger charge is 2.11. The molecule has 4 heteroatoms. The van der Waals surface area contributed by atoms with Gasteiger partial charge in [-0.1, -0.05) is 13.8 Å². The molecule has 0 spiro atoms. The van der Waals surface area contributed by atoms with E-state index >= 15 is 0 Å². The van der Waals surface area contributed by atoms with E-state index in [1.54, 1.807) is 0 Å². The number of aromatic nitrogens is 3. The van der Waals surface area contributed by atoms with Crippen LogP contribution in [0.2, 0.25) is 0 Å². The normalized spacial score (nSPS) is 13.7. The molecule has 0 aliphatic rings. The number of nitrogens with zero attached hydrogens (tertiary/aromatic N) is 3. The van der Waals surface area contributed by atoms with Crippen LogP contribution in [0.15, 0.2) is 0 Å². The predicted molar refractivity (Wildman–Crippen MR) is 52.3 cm³/mol. The molecule has 0 amide bonds. The summed E-state index contributed by atoms with van der Waals surface area (Å²) in [5.41, 5.74) is 5.94. The smallest absolute Gasteiger partial charge is 0.147 e. The third-order valence-electron chi connectivity index (χ3n) is 2.20. The highest BCUT2D eigenvalue weighted by molar-refractivity contribution is 4.88. The highest BCUT2D eigenvalue weighted by atomic mass is 15.3. The Kier molecular flexibility index (Phi) is 3.03. The van der Waals surface area contributed by atoms with Gasteiger partial charge in [0.25, 0.3) is 0 Å². The van der Waals surface area contributed by atoms with Crippen LogP contribution < -0.4 is 5.73 Å². The molecule has 2 N–H and O–H groups in total. The first kappa shape index (κ1) is 10.2. The zero-order valence-electron chi connectivity index (χ0n) is 8.78. The SMILES string of the molecule is Cc1nc(C)n(CC(N)C(C)C)n1. The van der Waals surface area contributed by atoms with Crippen LogP contribution in [0.25, 0.3) is 0 Å². The van der Waals surface area contributed by atoms with Gasteiger partial charge in [0.05, 0.1) is 6.54 Å². The Bertz CT molecular complexity index is 277. The van der Waals surface area contributed by atoms with Crippen molar-refractivity contribution < 1.29 is 0 Å². The maximum atomic E-state index is 5.94. The van der Waals surface area contributed by atoms with Crippen molar-refractivity contribution in [3.63, 3.8) is 0 Å². The summed E-state index contributed by atoms with van der Waals surface area (Å²) >= 11 is 0. The monoisotopic (exact) mass is 182 g/mol. The van der Waals surface area contributed by atoms with Crippen LogP contribution >= 0.6 is 0 Å². The molecular formula is C9H18N4. The summed E-state index contributed by atoms with van der Waals surface area (Å²) in [7, 11) is 0. The van der Waals surface area contributed by atoms with Crippen LogP contribution in [-0.2, 0) is 6.54 Å². The van der Waals surface area contributed by atoms with E-state index in [1.165, 1.54) is 0 Å². The van der Waals surface area contributed by atoms with Gasteiger partial charge in [-0.25, -0.2) is 9.67 Å². The lowest BCUT2D eigenvalue weighted by molar-refractivity contribution is 0.407. The molecule has 1 heterocycles. The fraction of sp³-hybridized carbons (Fsp3) is 0.778.